The van der Waals surface area contributed by atoms with Crippen LogP contribution in [-0.2, 0) is 4.79 Å². The Morgan fingerprint density at radius 1 is 1.26 bits per heavy atom. The summed E-state index contributed by atoms with van der Waals surface area (Å²) in [5.74, 6) is 1.65. The third kappa shape index (κ3) is 1.69. The Balaban J connectivity index is 1.62. The van der Waals surface area contributed by atoms with E-state index < -0.39 is 0 Å². The average molecular weight is 263 g/mol. The number of carbonyl (C=O) groups excluding carboxylic acids is 1. The van der Waals surface area contributed by atoms with Crippen LogP contribution in [0.15, 0.2) is 0 Å². The van der Waals surface area contributed by atoms with Crippen molar-refractivity contribution >= 4 is 5.91 Å². The van der Waals surface area contributed by atoms with Crippen molar-refractivity contribution < 1.29 is 4.79 Å². The van der Waals surface area contributed by atoms with Crippen LogP contribution < -0.4 is 5.32 Å². The summed E-state index contributed by atoms with van der Waals surface area (Å²) >= 11 is 0. The minimum Gasteiger partial charge on any atom is -0.321 e. The molecule has 1 amide bonds. The smallest absolute Gasteiger partial charge is 0.244 e. The van der Waals surface area contributed by atoms with Crippen molar-refractivity contribution in [1.82, 2.24) is 15.1 Å². The second kappa shape index (κ2) is 3.95. The highest BCUT2D eigenvalue weighted by molar-refractivity contribution is 5.92. The van der Waals surface area contributed by atoms with Gasteiger partial charge in [0.05, 0.1) is 11.7 Å². The normalized spacial score (nSPS) is 43.5. The third-order valence-electron chi connectivity index (χ3n) is 5.73. The lowest BCUT2D eigenvalue weighted by atomic mass is 9.82. The molecule has 2 atom stereocenters. The highest BCUT2D eigenvalue weighted by Gasteiger charge is 2.61. The monoisotopic (exact) mass is 263 g/mol. The number of piperidine rings is 3. The van der Waals surface area contributed by atoms with Gasteiger partial charge in [-0.3, -0.25) is 10.1 Å². The highest BCUT2D eigenvalue weighted by Crippen LogP contribution is 2.46. The zero-order valence-corrected chi connectivity index (χ0v) is 12.1. The molecule has 0 radical (unpaired) electrons. The van der Waals surface area contributed by atoms with Crippen molar-refractivity contribution in [3.63, 3.8) is 0 Å². The summed E-state index contributed by atoms with van der Waals surface area (Å²) in [4.78, 5) is 17.6. The van der Waals surface area contributed by atoms with E-state index >= 15 is 0 Å². The lowest BCUT2D eigenvalue weighted by Gasteiger charge is -2.49. The van der Waals surface area contributed by atoms with E-state index in [1.54, 1.807) is 0 Å². The molecule has 1 spiro atoms. The van der Waals surface area contributed by atoms with Crippen LogP contribution in [0, 0.1) is 11.8 Å². The fourth-order valence-corrected chi connectivity index (χ4v) is 4.36. The van der Waals surface area contributed by atoms with Gasteiger partial charge in [-0.15, -0.1) is 0 Å². The molecule has 0 aromatic carbocycles. The fraction of sp³-hybridized carbons (Fsp3) is 0.933. The molecule has 0 aromatic heterocycles. The van der Waals surface area contributed by atoms with E-state index in [4.69, 9.17) is 0 Å². The molecule has 1 saturated carbocycles. The fourth-order valence-electron chi connectivity index (χ4n) is 4.36. The van der Waals surface area contributed by atoms with Gasteiger partial charge < -0.3 is 9.80 Å². The summed E-state index contributed by atoms with van der Waals surface area (Å²) in [5.41, 5.74) is -0.152. The van der Waals surface area contributed by atoms with Crippen LogP contribution in [0.1, 0.15) is 39.5 Å². The van der Waals surface area contributed by atoms with Gasteiger partial charge in [-0.1, -0.05) is 13.8 Å². The zero-order chi connectivity index (χ0) is 13.2. The van der Waals surface area contributed by atoms with Gasteiger partial charge in [0.25, 0.3) is 0 Å². The first-order valence-electron chi connectivity index (χ1n) is 7.93. The Morgan fingerprint density at radius 3 is 2.42 bits per heavy atom. The number of nitrogens with one attached hydrogen (secondary N) is 1. The average Bonchev–Trinajstić information content (AvgIpc) is 3.13. The van der Waals surface area contributed by atoms with Crippen LogP contribution in [0.4, 0.5) is 0 Å². The molecule has 19 heavy (non-hydrogen) atoms. The number of rotatable bonds is 2. The first-order valence-corrected chi connectivity index (χ1v) is 7.93. The topological polar surface area (TPSA) is 35.6 Å². The van der Waals surface area contributed by atoms with Crippen molar-refractivity contribution in [2.24, 2.45) is 11.8 Å². The van der Waals surface area contributed by atoms with Gasteiger partial charge in [-0.2, -0.15) is 0 Å². The molecule has 106 valence electrons. The largest absolute Gasteiger partial charge is 0.321 e. The molecular weight excluding hydrogens is 238 g/mol. The Labute approximate surface area is 115 Å². The Morgan fingerprint density at radius 2 is 1.95 bits per heavy atom. The summed E-state index contributed by atoms with van der Waals surface area (Å²) in [7, 11) is 0. The lowest BCUT2D eigenvalue weighted by molar-refractivity contribution is -0.138. The molecule has 4 nitrogen and oxygen atoms in total. The van der Waals surface area contributed by atoms with Crippen LogP contribution in [0.5, 0.6) is 0 Å². The molecule has 0 aromatic rings. The third-order valence-corrected chi connectivity index (χ3v) is 5.73. The van der Waals surface area contributed by atoms with Crippen LogP contribution >= 0.6 is 0 Å². The highest BCUT2D eigenvalue weighted by atomic mass is 16.2. The molecule has 5 rings (SSSR count). The Bertz CT molecular complexity index is 396. The lowest BCUT2D eigenvalue weighted by Crippen LogP contribution is -2.60. The summed E-state index contributed by atoms with van der Waals surface area (Å²) in [6.45, 7) is 8.07. The van der Waals surface area contributed by atoms with E-state index in [0.717, 1.165) is 25.3 Å². The Kier molecular flexibility index (Phi) is 2.53. The molecule has 2 unspecified atom stereocenters. The van der Waals surface area contributed by atoms with Crippen LogP contribution in [-0.4, -0.2) is 53.1 Å². The van der Waals surface area contributed by atoms with E-state index in [1.807, 2.05) is 0 Å². The minimum atomic E-state index is -0.152. The number of fused-ring (bicyclic) bond motifs is 3. The van der Waals surface area contributed by atoms with E-state index in [2.05, 4.69) is 29.0 Å². The second-order valence-electron chi connectivity index (χ2n) is 7.33. The van der Waals surface area contributed by atoms with Crippen molar-refractivity contribution in [2.75, 3.05) is 19.6 Å². The summed E-state index contributed by atoms with van der Waals surface area (Å²) in [5, 5.41) is 3.66. The molecular formula is C15H25N3O. The number of carbonyl (C=O) groups is 1. The number of hydrogen-bond donors (Lipinski definition) is 1. The first-order chi connectivity index (χ1) is 9.11. The predicted octanol–water partition coefficient (Wildman–Crippen LogP) is 1.03. The SMILES string of the molecule is CC(C)C1NC2(CC2)C(=O)N1C1CN2CCC1CC2. The van der Waals surface area contributed by atoms with E-state index in [1.165, 1.54) is 25.9 Å². The van der Waals surface area contributed by atoms with Gasteiger partial charge in [-0.25, -0.2) is 0 Å². The van der Waals surface area contributed by atoms with Crippen molar-refractivity contribution in [1.29, 1.82) is 0 Å². The number of nitrogens with zero attached hydrogens (tertiary/aromatic N) is 2. The Hall–Kier alpha value is -0.610. The molecule has 2 bridgehead atoms. The van der Waals surface area contributed by atoms with Crippen LogP contribution in [0.2, 0.25) is 0 Å². The predicted molar refractivity (Wildman–Crippen MR) is 73.5 cm³/mol. The molecule has 4 heteroatoms. The van der Waals surface area contributed by atoms with Gasteiger partial charge in [0.15, 0.2) is 0 Å². The van der Waals surface area contributed by atoms with Crippen molar-refractivity contribution in [2.45, 2.75) is 57.3 Å². The minimum absolute atomic E-state index is 0.152. The van der Waals surface area contributed by atoms with Gasteiger partial charge in [0.1, 0.15) is 0 Å². The van der Waals surface area contributed by atoms with Gasteiger partial charge in [0, 0.05) is 12.6 Å². The van der Waals surface area contributed by atoms with E-state index in [9.17, 15) is 4.79 Å². The molecule has 1 N–H and O–H groups in total. The van der Waals surface area contributed by atoms with Crippen molar-refractivity contribution in [3.05, 3.63) is 0 Å². The molecule has 5 aliphatic rings. The summed E-state index contributed by atoms with van der Waals surface area (Å²) < 4.78 is 0. The quantitative estimate of drug-likeness (QED) is 0.808. The number of amides is 1. The summed E-state index contributed by atoms with van der Waals surface area (Å²) in [6, 6.07) is 0.467. The first kappa shape index (κ1) is 12.2. The molecule has 4 saturated heterocycles. The van der Waals surface area contributed by atoms with Crippen LogP contribution in [0.3, 0.4) is 0 Å². The number of hydrogen-bond acceptors (Lipinski definition) is 3. The van der Waals surface area contributed by atoms with Crippen LogP contribution in [0.25, 0.3) is 0 Å². The van der Waals surface area contributed by atoms with Gasteiger partial charge >= 0.3 is 0 Å². The van der Waals surface area contributed by atoms with Gasteiger partial charge in [0.2, 0.25) is 5.91 Å². The molecule has 1 aliphatic carbocycles. The maximum absolute atomic E-state index is 12.8. The summed E-state index contributed by atoms with van der Waals surface area (Å²) in [6.07, 6.45) is 4.93. The van der Waals surface area contributed by atoms with Gasteiger partial charge in [-0.05, 0) is 50.6 Å². The van der Waals surface area contributed by atoms with E-state index in [0.29, 0.717) is 17.9 Å². The second-order valence-corrected chi connectivity index (χ2v) is 7.33. The maximum Gasteiger partial charge on any atom is 0.244 e. The van der Waals surface area contributed by atoms with Crippen molar-refractivity contribution in [3.8, 4) is 0 Å². The van der Waals surface area contributed by atoms with E-state index in [-0.39, 0.29) is 11.7 Å². The molecule has 4 heterocycles. The molecule has 5 fully saturated rings. The standard InChI is InChI=1S/C15H25N3O/c1-10(2)13-16-15(5-6-15)14(19)18(13)12-9-17-7-3-11(12)4-8-17/h10-13,16H,3-9H2,1-2H3. The maximum atomic E-state index is 12.8. The molecule has 4 aliphatic heterocycles. The zero-order valence-electron chi connectivity index (χ0n) is 12.1.